The Morgan fingerprint density at radius 1 is 1.29 bits per heavy atom. The van der Waals surface area contributed by atoms with Gasteiger partial charge in [0.1, 0.15) is 0 Å². The molecule has 0 aliphatic carbocycles. The van der Waals surface area contributed by atoms with E-state index in [9.17, 15) is 4.79 Å². The van der Waals surface area contributed by atoms with E-state index < -0.39 is 0 Å². The molecule has 3 heteroatoms. The SMILES string of the molecule is Cc1ccccc1[C@H](C)NC(=O)CC1CC2CCC(C1)N2. The second-order valence-electron chi connectivity index (χ2n) is 6.83. The summed E-state index contributed by atoms with van der Waals surface area (Å²) in [7, 11) is 0. The summed E-state index contributed by atoms with van der Waals surface area (Å²) < 4.78 is 0. The lowest BCUT2D eigenvalue weighted by atomic mass is 9.89. The normalized spacial score (nSPS) is 29.1. The molecule has 2 heterocycles. The van der Waals surface area contributed by atoms with Crippen LogP contribution in [-0.4, -0.2) is 18.0 Å². The maximum atomic E-state index is 12.3. The average molecular weight is 286 g/mol. The standard InChI is InChI=1S/C18H26N2O/c1-12-5-3-4-6-17(12)13(2)19-18(21)11-14-9-15-7-8-16(10-14)20-15/h3-6,13-16,20H,7-11H2,1-2H3,(H,19,21)/t13-,14?,15?,16?/m0/s1. The van der Waals surface area contributed by atoms with Gasteiger partial charge < -0.3 is 10.6 Å². The molecule has 2 aliphatic heterocycles. The molecule has 3 atom stereocenters. The monoisotopic (exact) mass is 286 g/mol. The number of fused-ring (bicyclic) bond motifs is 2. The van der Waals surface area contributed by atoms with Gasteiger partial charge >= 0.3 is 0 Å². The molecule has 2 fully saturated rings. The maximum Gasteiger partial charge on any atom is 0.220 e. The van der Waals surface area contributed by atoms with Gasteiger partial charge in [0, 0.05) is 18.5 Å². The summed E-state index contributed by atoms with van der Waals surface area (Å²) >= 11 is 0. The van der Waals surface area contributed by atoms with Gasteiger partial charge in [-0.3, -0.25) is 4.79 Å². The zero-order chi connectivity index (χ0) is 14.8. The Morgan fingerprint density at radius 2 is 1.95 bits per heavy atom. The summed E-state index contributed by atoms with van der Waals surface area (Å²) in [6.45, 7) is 4.18. The first-order chi connectivity index (χ1) is 10.1. The first-order valence-corrected chi connectivity index (χ1v) is 8.22. The van der Waals surface area contributed by atoms with Gasteiger partial charge in [-0.25, -0.2) is 0 Å². The zero-order valence-electron chi connectivity index (χ0n) is 13.1. The second-order valence-corrected chi connectivity index (χ2v) is 6.83. The van der Waals surface area contributed by atoms with E-state index in [1.54, 1.807) is 0 Å². The van der Waals surface area contributed by atoms with E-state index in [4.69, 9.17) is 0 Å². The van der Waals surface area contributed by atoms with Crippen molar-refractivity contribution in [2.45, 2.75) is 64.1 Å². The molecular formula is C18H26N2O. The van der Waals surface area contributed by atoms with Crippen molar-refractivity contribution >= 4 is 5.91 Å². The molecular weight excluding hydrogens is 260 g/mol. The third-order valence-corrected chi connectivity index (χ3v) is 5.08. The van der Waals surface area contributed by atoms with Crippen LogP contribution in [0.5, 0.6) is 0 Å². The van der Waals surface area contributed by atoms with Crippen LogP contribution in [0.4, 0.5) is 0 Å². The third kappa shape index (κ3) is 3.46. The number of benzene rings is 1. The fourth-order valence-electron chi connectivity index (χ4n) is 4.05. The molecule has 0 spiro atoms. The minimum atomic E-state index is 0.0946. The van der Waals surface area contributed by atoms with Crippen LogP contribution >= 0.6 is 0 Å². The summed E-state index contributed by atoms with van der Waals surface area (Å²) in [5, 5.41) is 6.81. The van der Waals surface area contributed by atoms with Crippen LogP contribution in [0.25, 0.3) is 0 Å². The van der Waals surface area contributed by atoms with Crippen LogP contribution in [0, 0.1) is 12.8 Å². The number of carbonyl (C=O) groups is 1. The Morgan fingerprint density at radius 3 is 2.62 bits per heavy atom. The number of nitrogens with one attached hydrogen (secondary N) is 2. The molecule has 3 rings (SSSR count). The molecule has 114 valence electrons. The summed E-state index contributed by atoms with van der Waals surface area (Å²) in [5.74, 6) is 0.768. The highest BCUT2D eigenvalue weighted by Crippen LogP contribution is 2.32. The highest BCUT2D eigenvalue weighted by Gasteiger charge is 2.34. The molecule has 2 N–H and O–H groups in total. The smallest absolute Gasteiger partial charge is 0.220 e. The van der Waals surface area contributed by atoms with Crippen molar-refractivity contribution < 1.29 is 4.79 Å². The Hall–Kier alpha value is -1.35. The van der Waals surface area contributed by atoms with E-state index in [0.29, 0.717) is 24.4 Å². The van der Waals surface area contributed by atoms with E-state index in [1.807, 2.05) is 12.1 Å². The first kappa shape index (κ1) is 14.6. The minimum absolute atomic E-state index is 0.0946. The van der Waals surface area contributed by atoms with Gasteiger partial charge in [-0.1, -0.05) is 24.3 Å². The average Bonchev–Trinajstić information content (AvgIpc) is 2.78. The van der Waals surface area contributed by atoms with Crippen molar-refractivity contribution in [1.29, 1.82) is 0 Å². The van der Waals surface area contributed by atoms with Crippen molar-refractivity contribution in [3.05, 3.63) is 35.4 Å². The molecule has 3 nitrogen and oxygen atoms in total. The third-order valence-electron chi connectivity index (χ3n) is 5.08. The minimum Gasteiger partial charge on any atom is -0.350 e. The van der Waals surface area contributed by atoms with Gasteiger partial charge in [-0.05, 0) is 56.6 Å². The molecule has 2 aliphatic rings. The Labute approximate surface area is 127 Å². The van der Waals surface area contributed by atoms with Gasteiger partial charge in [-0.15, -0.1) is 0 Å². The van der Waals surface area contributed by atoms with Crippen molar-refractivity contribution in [2.75, 3.05) is 0 Å². The number of rotatable bonds is 4. The topological polar surface area (TPSA) is 41.1 Å². The highest BCUT2D eigenvalue weighted by molar-refractivity contribution is 5.76. The van der Waals surface area contributed by atoms with Crippen molar-refractivity contribution in [2.24, 2.45) is 5.92 Å². The lowest BCUT2D eigenvalue weighted by Crippen LogP contribution is -2.40. The molecule has 0 saturated carbocycles. The van der Waals surface area contributed by atoms with E-state index in [-0.39, 0.29) is 11.9 Å². The molecule has 0 aromatic heterocycles. The molecule has 1 aromatic rings. The Kier molecular flexibility index (Phi) is 4.29. The summed E-state index contributed by atoms with van der Waals surface area (Å²) in [4.78, 5) is 12.3. The van der Waals surface area contributed by atoms with Gasteiger partial charge in [0.2, 0.25) is 5.91 Å². The van der Waals surface area contributed by atoms with Crippen LogP contribution in [0.1, 0.15) is 56.2 Å². The van der Waals surface area contributed by atoms with Crippen LogP contribution in [-0.2, 0) is 4.79 Å². The summed E-state index contributed by atoms with van der Waals surface area (Å²) in [5.41, 5.74) is 2.46. The van der Waals surface area contributed by atoms with Crippen LogP contribution in [0.15, 0.2) is 24.3 Å². The maximum absolute atomic E-state index is 12.3. The molecule has 2 bridgehead atoms. The molecule has 0 radical (unpaired) electrons. The number of aryl methyl sites for hydroxylation is 1. The van der Waals surface area contributed by atoms with Gasteiger partial charge in [-0.2, -0.15) is 0 Å². The Balaban J connectivity index is 1.53. The quantitative estimate of drug-likeness (QED) is 0.893. The van der Waals surface area contributed by atoms with Crippen molar-refractivity contribution in [3.63, 3.8) is 0 Å². The number of hydrogen-bond donors (Lipinski definition) is 2. The molecule has 2 unspecified atom stereocenters. The van der Waals surface area contributed by atoms with Crippen LogP contribution < -0.4 is 10.6 Å². The first-order valence-electron chi connectivity index (χ1n) is 8.22. The lowest BCUT2D eigenvalue weighted by molar-refractivity contribution is -0.122. The molecule has 1 amide bonds. The number of piperidine rings is 1. The molecule has 21 heavy (non-hydrogen) atoms. The molecule has 2 saturated heterocycles. The largest absolute Gasteiger partial charge is 0.350 e. The van der Waals surface area contributed by atoms with E-state index >= 15 is 0 Å². The van der Waals surface area contributed by atoms with E-state index in [1.165, 1.54) is 36.8 Å². The number of carbonyl (C=O) groups excluding carboxylic acids is 1. The van der Waals surface area contributed by atoms with E-state index in [0.717, 1.165) is 0 Å². The predicted octanol–water partition coefficient (Wildman–Crippen LogP) is 3.09. The summed E-state index contributed by atoms with van der Waals surface area (Å²) in [6, 6.07) is 9.70. The fourth-order valence-corrected chi connectivity index (χ4v) is 4.05. The predicted molar refractivity (Wildman–Crippen MR) is 85.0 cm³/mol. The number of hydrogen-bond acceptors (Lipinski definition) is 2. The van der Waals surface area contributed by atoms with Crippen molar-refractivity contribution in [1.82, 2.24) is 10.6 Å². The van der Waals surface area contributed by atoms with Gasteiger partial charge in [0.15, 0.2) is 0 Å². The highest BCUT2D eigenvalue weighted by atomic mass is 16.1. The Bertz CT molecular complexity index is 502. The lowest BCUT2D eigenvalue weighted by Gasteiger charge is -2.29. The fraction of sp³-hybridized carbons (Fsp3) is 0.611. The second kappa shape index (κ2) is 6.18. The van der Waals surface area contributed by atoms with Crippen LogP contribution in [0.2, 0.25) is 0 Å². The van der Waals surface area contributed by atoms with Gasteiger partial charge in [0.25, 0.3) is 0 Å². The van der Waals surface area contributed by atoms with E-state index in [2.05, 4.69) is 36.6 Å². The van der Waals surface area contributed by atoms with Crippen molar-refractivity contribution in [3.8, 4) is 0 Å². The summed E-state index contributed by atoms with van der Waals surface area (Å²) in [6.07, 6.45) is 5.61. The number of amides is 1. The van der Waals surface area contributed by atoms with Crippen LogP contribution in [0.3, 0.4) is 0 Å². The van der Waals surface area contributed by atoms with Gasteiger partial charge in [0.05, 0.1) is 6.04 Å². The molecule has 1 aromatic carbocycles. The zero-order valence-corrected chi connectivity index (χ0v) is 13.1.